The van der Waals surface area contributed by atoms with Gasteiger partial charge in [0.25, 0.3) is 0 Å². The van der Waals surface area contributed by atoms with Crippen LogP contribution >= 0.6 is 11.3 Å². The number of thiophene rings is 1. The molecular weight excluding hydrogens is 262 g/mol. The Morgan fingerprint density at radius 2 is 2.47 bits per heavy atom. The second-order valence-corrected chi connectivity index (χ2v) is 5.73. The minimum absolute atomic E-state index is 0.335. The summed E-state index contributed by atoms with van der Waals surface area (Å²) in [6.07, 6.45) is 0. The Kier molecular flexibility index (Phi) is 3.90. The van der Waals surface area contributed by atoms with Gasteiger partial charge in [0.15, 0.2) is 5.04 Å². The number of nitrogens with zero attached hydrogens (tertiary/aromatic N) is 1. The fourth-order valence-corrected chi connectivity index (χ4v) is 3.30. The van der Waals surface area contributed by atoms with Crippen LogP contribution < -0.4 is 0 Å². The number of carbonyl (C=O) groups is 1. The maximum atomic E-state index is 11.7. The molecule has 1 aliphatic heterocycles. The van der Waals surface area contributed by atoms with E-state index in [1.54, 1.807) is 19.1 Å². The Morgan fingerprint density at radius 3 is 3.18 bits per heavy atom. The zero-order valence-electron chi connectivity index (χ0n) is 9.17. The molecule has 0 spiro atoms. The molecule has 92 valence electrons. The summed E-state index contributed by atoms with van der Waals surface area (Å²) in [6, 6.07) is 3.36. The Bertz CT molecular complexity index is 480. The molecule has 5 nitrogen and oxygen atoms in total. The van der Waals surface area contributed by atoms with Crippen LogP contribution in [0, 0.1) is 0 Å². The molecule has 0 aromatic carbocycles. The standard InChI is InChI=1S/C10H11NO4S2/c1-2-14-10(12)8-4-3-7(16-8)9-11-15-5-6-17(9)13/h3-4H,2,5-6H2,1H3. The first kappa shape index (κ1) is 12.3. The second-order valence-electron chi connectivity index (χ2n) is 3.16. The average Bonchev–Trinajstić information content (AvgIpc) is 2.79. The van der Waals surface area contributed by atoms with E-state index in [1.807, 2.05) is 0 Å². The van der Waals surface area contributed by atoms with Gasteiger partial charge in [-0.1, -0.05) is 5.16 Å². The SMILES string of the molecule is CCOC(=O)c1ccc(C2=NOCCS2=O)s1. The van der Waals surface area contributed by atoms with Crippen LogP contribution in [0.15, 0.2) is 17.3 Å². The molecule has 1 atom stereocenters. The molecule has 0 saturated carbocycles. The quantitative estimate of drug-likeness (QED) is 0.780. The number of carbonyl (C=O) groups excluding carboxylic acids is 1. The van der Waals surface area contributed by atoms with Crippen LogP contribution in [-0.2, 0) is 20.4 Å². The molecular formula is C10H11NO4S2. The zero-order chi connectivity index (χ0) is 12.3. The highest BCUT2D eigenvalue weighted by Gasteiger charge is 2.21. The lowest BCUT2D eigenvalue weighted by molar-refractivity contribution is 0.0532. The third-order valence-corrected chi connectivity index (χ3v) is 4.48. The molecule has 0 radical (unpaired) electrons. The van der Waals surface area contributed by atoms with Gasteiger partial charge in [0.1, 0.15) is 11.5 Å². The number of hydrogen-bond acceptors (Lipinski definition) is 6. The van der Waals surface area contributed by atoms with E-state index in [2.05, 4.69) is 5.16 Å². The normalized spacial score (nSPS) is 19.4. The summed E-state index contributed by atoms with van der Waals surface area (Å²) in [5.41, 5.74) is 0. The molecule has 1 aliphatic rings. The van der Waals surface area contributed by atoms with Gasteiger partial charge < -0.3 is 9.57 Å². The van der Waals surface area contributed by atoms with Crippen LogP contribution in [-0.4, -0.2) is 34.2 Å². The number of ether oxygens (including phenoxy) is 1. The molecule has 0 bridgehead atoms. The van der Waals surface area contributed by atoms with E-state index in [0.717, 1.165) is 0 Å². The van der Waals surface area contributed by atoms with Crippen molar-refractivity contribution in [2.45, 2.75) is 6.92 Å². The summed E-state index contributed by atoms with van der Waals surface area (Å²) in [5, 5.41) is 4.17. The highest BCUT2D eigenvalue weighted by atomic mass is 32.2. The third kappa shape index (κ3) is 2.73. The van der Waals surface area contributed by atoms with Gasteiger partial charge in [0, 0.05) is 0 Å². The van der Waals surface area contributed by atoms with E-state index in [1.165, 1.54) is 11.3 Å². The Labute approximate surface area is 105 Å². The summed E-state index contributed by atoms with van der Waals surface area (Å²) >= 11 is 1.21. The zero-order valence-corrected chi connectivity index (χ0v) is 10.8. The van der Waals surface area contributed by atoms with E-state index < -0.39 is 10.8 Å². The maximum Gasteiger partial charge on any atom is 0.348 e. The van der Waals surface area contributed by atoms with Crippen LogP contribution in [0.5, 0.6) is 0 Å². The van der Waals surface area contributed by atoms with Crippen molar-refractivity contribution in [3.05, 3.63) is 21.9 Å². The molecule has 17 heavy (non-hydrogen) atoms. The Hall–Kier alpha value is -1.21. The lowest BCUT2D eigenvalue weighted by Crippen LogP contribution is -2.19. The summed E-state index contributed by atoms with van der Waals surface area (Å²) in [5.74, 6) is 0.0673. The Morgan fingerprint density at radius 1 is 1.65 bits per heavy atom. The molecule has 1 unspecified atom stereocenters. The minimum Gasteiger partial charge on any atom is -0.462 e. The third-order valence-electron chi connectivity index (χ3n) is 2.02. The van der Waals surface area contributed by atoms with E-state index in [-0.39, 0.29) is 5.97 Å². The molecule has 2 heterocycles. The predicted octanol–water partition coefficient (Wildman–Crippen LogP) is 1.37. The van der Waals surface area contributed by atoms with Crippen LogP contribution in [0.25, 0.3) is 0 Å². The van der Waals surface area contributed by atoms with Gasteiger partial charge >= 0.3 is 5.97 Å². The lowest BCUT2D eigenvalue weighted by Gasteiger charge is -2.09. The lowest BCUT2D eigenvalue weighted by atomic mass is 10.4. The van der Waals surface area contributed by atoms with Crippen LogP contribution in [0.1, 0.15) is 21.5 Å². The first-order chi connectivity index (χ1) is 8.22. The van der Waals surface area contributed by atoms with Gasteiger partial charge in [-0.05, 0) is 19.1 Å². The number of oxime groups is 1. The van der Waals surface area contributed by atoms with E-state index in [9.17, 15) is 9.00 Å². The van der Waals surface area contributed by atoms with Crippen molar-refractivity contribution in [2.75, 3.05) is 19.0 Å². The number of esters is 1. The number of hydrogen-bond donors (Lipinski definition) is 0. The Balaban J connectivity index is 2.20. The smallest absolute Gasteiger partial charge is 0.348 e. The molecule has 0 aliphatic carbocycles. The van der Waals surface area contributed by atoms with Gasteiger partial charge in [-0.25, -0.2) is 4.79 Å². The van der Waals surface area contributed by atoms with E-state index in [0.29, 0.717) is 33.8 Å². The van der Waals surface area contributed by atoms with Crippen LogP contribution in [0.3, 0.4) is 0 Å². The van der Waals surface area contributed by atoms with Gasteiger partial charge in [-0.2, -0.15) is 0 Å². The topological polar surface area (TPSA) is 65.0 Å². The van der Waals surface area contributed by atoms with Crippen molar-refractivity contribution < 1.29 is 18.6 Å². The molecule has 7 heteroatoms. The molecule has 2 rings (SSSR count). The molecule has 0 amide bonds. The predicted molar refractivity (Wildman–Crippen MR) is 65.8 cm³/mol. The van der Waals surface area contributed by atoms with Gasteiger partial charge in [0.05, 0.1) is 28.0 Å². The van der Waals surface area contributed by atoms with E-state index in [4.69, 9.17) is 9.57 Å². The first-order valence-electron chi connectivity index (χ1n) is 5.08. The van der Waals surface area contributed by atoms with Crippen molar-refractivity contribution in [3.8, 4) is 0 Å². The molecule has 0 N–H and O–H groups in total. The monoisotopic (exact) mass is 273 g/mol. The number of rotatable bonds is 3. The highest BCUT2D eigenvalue weighted by molar-refractivity contribution is 8.01. The van der Waals surface area contributed by atoms with Crippen molar-refractivity contribution in [2.24, 2.45) is 5.16 Å². The van der Waals surface area contributed by atoms with Gasteiger partial charge in [-0.3, -0.25) is 4.21 Å². The fraction of sp³-hybridized carbons (Fsp3) is 0.400. The van der Waals surface area contributed by atoms with Gasteiger partial charge in [0.2, 0.25) is 0 Å². The molecule has 0 saturated heterocycles. The highest BCUT2D eigenvalue weighted by Crippen LogP contribution is 2.21. The maximum absolute atomic E-state index is 11.7. The van der Waals surface area contributed by atoms with Crippen molar-refractivity contribution in [3.63, 3.8) is 0 Å². The fourth-order valence-electron chi connectivity index (χ4n) is 1.28. The van der Waals surface area contributed by atoms with Crippen LogP contribution in [0.2, 0.25) is 0 Å². The summed E-state index contributed by atoms with van der Waals surface area (Å²) in [6.45, 7) is 2.45. The van der Waals surface area contributed by atoms with Crippen molar-refractivity contribution >= 4 is 33.1 Å². The summed E-state index contributed by atoms with van der Waals surface area (Å²) in [4.78, 5) is 17.5. The second kappa shape index (κ2) is 5.42. The van der Waals surface area contributed by atoms with Gasteiger partial charge in [-0.15, -0.1) is 11.3 Å². The minimum atomic E-state index is -1.15. The molecule has 1 aromatic heterocycles. The largest absolute Gasteiger partial charge is 0.462 e. The molecule has 1 aromatic rings. The first-order valence-corrected chi connectivity index (χ1v) is 7.21. The summed E-state index contributed by atoms with van der Waals surface area (Å²) < 4.78 is 16.6. The average molecular weight is 273 g/mol. The van der Waals surface area contributed by atoms with Crippen LogP contribution in [0.4, 0.5) is 0 Å². The summed E-state index contributed by atoms with van der Waals surface area (Å²) in [7, 11) is -1.15. The molecule has 0 fully saturated rings. The van der Waals surface area contributed by atoms with Crippen molar-refractivity contribution in [1.29, 1.82) is 0 Å². The van der Waals surface area contributed by atoms with Crippen molar-refractivity contribution in [1.82, 2.24) is 0 Å². The van der Waals surface area contributed by atoms with E-state index >= 15 is 0 Å².